The summed E-state index contributed by atoms with van der Waals surface area (Å²) in [5, 5.41) is 73.1. The number of hydrogen-bond donors (Lipinski definition) is 7. The molecule has 7 N–H and O–H groups in total. The lowest BCUT2D eigenvalue weighted by atomic mass is 9.97. The van der Waals surface area contributed by atoms with Gasteiger partial charge in [-0.3, -0.25) is 0 Å². The fraction of sp³-hybridized carbons (Fsp3) is 0.593. The number of rotatable bonds is 10. The Hall–Kier alpha value is -2.67. The van der Waals surface area contributed by atoms with E-state index in [4.69, 9.17) is 32.5 Å². The van der Waals surface area contributed by atoms with Gasteiger partial charge in [0.15, 0.2) is 12.6 Å². The van der Waals surface area contributed by atoms with E-state index in [0.717, 1.165) is 0 Å². The van der Waals surface area contributed by atoms with Crippen LogP contribution in [0.5, 0.6) is 5.75 Å². The van der Waals surface area contributed by atoms with E-state index in [1.165, 1.54) is 32.2 Å². The van der Waals surface area contributed by atoms with Crippen molar-refractivity contribution in [1.29, 1.82) is 0 Å². The first kappa shape index (κ1) is 30.8. The third kappa shape index (κ3) is 5.78. The SMILES string of the molecule is CC(C)(O[C@@H]1O[C@H](CO[C@@H]2OC[C@](O)(CO)[C@H]2O)[C@@H](O)[C@H](O)[C@H]1O)C(O)COc1c2ccoc2cc2oc(=O)ccc12. The smallest absolute Gasteiger partial charge is 0.336 e. The Labute approximate surface area is 238 Å². The lowest BCUT2D eigenvalue weighted by Crippen LogP contribution is -2.62. The van der Waals surface area contributed by atoms with Crippen LogP contribution in [0.1, 0.15) is 13.8 Å². The highest BCUT2D eigenvalue weighted by Gasteiger charge is 2.51. The van der Waals surface area contributed by atoms with Gasteiger partial charge < -0.3 is 68.3 Å². The highest BCUT2D eigenvalue weighted by atomic mass is 16.7. The molecule has 0 radical (unpaired) electrons. The van der Waals surface area contributed by atoms with Crippen LogP contribution in [-0.4, -0.2) is 123 Å². The summed E-state index contributed by atoms with van der Waals surface area (Å²) < 4.78 is 38.7. The molecule has 0 saturated carbocycles. The summed E-state index contributed by atoms with van der Waals surface area (Å²) in [5.74, 6) is 0.295. The van der Waals surface area contributed by atoms with Gasteiger partial charge in [0, 0.05) is 12.1 Å². The first-order valence-electron chi connectivity index (χ1n) is 13.2. The van der Waals surface area contributed by atoms with Crippen molar-refractivity contribution < 1.29 is 68.3 Å². The number of furan rings is 1. The molecule has 0 aliphatic carbocycles. The Balaban J connectivity index is 1.25. The third-order valence-corrected chi connectivity index (χ3v) is 7.59. The molecule has 0 bridgehead atoms. The molecule has 2 saturated heterocycles. The zero-order valence-electron chi connectivity index (χ0n) is 22.7. The van der Waals surface area contributed by atoms with Crippen molar-refractivity contribution in [3.63, 3.8) is 0 Å². The molecule has 232 valence electrons. The molecule has 3 aromatic rings. The van der Waals surface area contributed by atoms with Gasteiger partial charge >= 0.3 is 5.63 Å². The monoisotopic (exact) mass is 598 g/mol. The first-order valence-corrected chi connectivity index (χ1v) is 13.2. The van der Waals surface area contributed by atoms with Gasteiger partial charge in [-0.15, -0.1) is 0 Å². The molecule has 9 atom stereocenters. The maximum atomic E-state index is 11.7. The summed E-state index contributed by atoms with van der Waals surface area (Å²) in [6, 6.07) is 5.97. The summed E-state index contributed by atoms with van der Waals surface area (Å²) >= 11 is 0. The van der Waals surface area contributed by atoms with E-state index in [2.05, 4.69) is 0 Å². The molecule has 0 amide bonds. The van der Waals surface area contributed by atoms with Crippen molar-refractivity contribution >= 4 is 21.9 Å². The molecule has 1 aromatic carbocycles. The quantitative estimate of drug-likeness (QED) is 0.129. The molecule has 2 aliphatic heterocycles. The standard InChI is InChI=1S/C27H34O15/c1-26(2,17(29)9-37-22-12-3-4-18(30)40-15(12)7-14-13(22)5-6-36-14)42-24-21(33)20(32)19(31)16(41-24)8-38-25-23(34)27(35,10-28)11-39-25/h3-7,16-17,19-21,23-25,28-29,31-35H,8-11H2,1-2H3/t16-,17?,19-,20+,21-,23+,24+,25-,27-/m1/s1. The van der Waals surface area contributed by atoms with E-state index in [1.54, 1.807) is 12.1 Å². The van der Waals surface area contributed by atoms with Gasteiger partial charge in [0.2, 0.25) is 0 Å². The summed E-state index contributed by atoms with van der Waals surface area (Å²) in [6.07, 6.45) is -10.8. The second-order valence-electron chi connectivity index (χ2n) is 11.0. The van der Waals surface area contributed by atoms with Crippen molar-refractivity contribution in [3.05, 3.63) is 40.9 Å². The second kappa shape index (κ2) is 11.8. The van der Waals surface area contributed by atoms with E-state index < -0.39 is 85.9 Å². The van der Waals surface area contributed by atoms with Crippen LogP contribution in [-0.2, 0) is 18.9 Å². The van der Waals surface area contributed by atoms with Crippen molar-refractivity contribution in [2.75, 3.05) is 26.4 Å². The highest BCUT2D eigenvalue weighted by Crippen LogP contribution is 2.36. The molecule has 2 aromatic heterocycles. The third-order valence-electron chi connectivity index (χ3n) is 7.59. The largest absolute Gasteiger partial charge is 0.489 e. The van der Waals surface area contributed by atoms with Gasteiger partial charge in [-0.25, -0.2) is 4.79 Å². The summed E-state index contributed by atoms with van der Waals surface area (Å²) in [5.41, 5.74) is -3.32. The Morgan fingerprint density at radius 2 is 1.79 bits per heavy atom. The minimum Gasteiger partial charge on any atom is -0.489 e. The van der Waals surface area contributed by atoms with E-state index in [9.17, 15) is 40.5 Å². The summed E-state index contributed by atoms with van der Waals surface area (Å²) in [4.78, 5) is 11.7. The number of fused-ring (bicyclic) bond motifs is 2. The molecule has 0 spiro atoms. The van der Waals surface area contributed by atoms with E-state index in [0.29, 0.717) is 22.1 Å². The van der Waals surface area contributed by atoms with Gasteiger partial charge in [0.05, 0.1) is 42.5 Å². The Kier molecular flexibility index (Phi) is 8.63. The molecule has 15 nitrogen and oxygen atoms in total. The van der Waals surface area contributed by atoms with E-state index in [-0.39, 0.29) is 12.2 Å². The maximum Gasteiger partial charge on any atom is 0.336 e. The molecular weight excluding hydrogens is 564 g/mol. The van der Waals surface area contributed by atoms with Crippen LogP contribution in [0, 0.1) is 0 Å². The van der Waals surface area contributed by atoms with Crippen molar-refractivity contribution in [2.24, 2.45) is 0 Å². The fourth-order valence-corrected chi connectivity index (χ4v) is 4.78. The van der Waals surface area contributed by atoms with Crippen LogP contribution in [0.15, 0.2) is 44.2 Å². The zero-order valence-corrected chi connectivity index (χ0v) is 22.7. The number of benzene rings is 1. The van der Waals surface area contributed by atoms with Gasteiger partial charge in [0.25, 0.3) is 0 Å². The number of aliphatic hydroxyl groups is 7. The normalized spacial score (nSPS) is 32.9. The van der Waals surface area contributed by atoms with Gasteiger partial charge in [-0.05, 0) is 26.0 Å². The van der Waals surface area contributed by atoms with Gasteiger partial charge in [-0.2, -0.15) is 0 Å². The Morgan fingerprint density at radius 1 is 1.05 bits per heavy atom. The van der Waals surface area contributed by atoms with Gasteiger partial charge in [-0.1, -0.05) is 0 Å². The molecule has 15 heteroatoms. The zero-order chi connectivity index (χ0) is 30.4. The van der Waals surface area contributed by atoms with Crippen LogP contribution in [0.25, 0.3) is 21.9 Å². The first-order chi connectivity index (χ1) is 19.8. The number of aliphatic hydroxyl groups excluding tert-OH is 6. The molecule has 2 aliphatic rings. The highest BCUT2D eigenvalue weighted by molar-refractivity contribution is 6.01. The van der Waals surface area contributed by atoms with Crippen molar-refractivity contribution in [2.45, 2.75) is 74.3 Å². The topological polar surface area (TPSA) is 231 Å². The average Bonchev–Trinajstić information content (AvgIpc) is 3.54. The van der Waals surface area contributed by atoms with Crippen LogP contribution < -0.4 is 10.4 Å². The van der Waals surface area contributed by atoms with Gasteiger partial charge in [0.1, 0.15) is 65.7 Å². The second-order valence-corrected chi connectivity index (χ2v) is 11.0. The lowest BCUT2D eigenvalue weighted by molar-refractivity contribution is -0.337. The molecular formula is C27H34O15. The predicted molar refractivity (Wildman–Crippen MR) is 139 cm³/mol. The van der Waals surface area contributed by atoms with E-state index >= 15 is 0 Å². The average molecular weight is 599 g/mol. The molecule has 1 unspecified atom stereocenters. The minimum absolute atomic E-state index is 0.223. The lowest BCUT2D eigenvalue weighted by Gasteiger charge is -2.44. The van der Waals surface area contributed by atoms with E-state index in [1.807, 2.05) is 0 Å². The molecule has 2 fully saturated rings. The summed E-state index contributed by atoms with van der Waals surface area (Å²) in [7, 11) is 0. The maximum absolute atomic E-state index is 11.7. The molecule has 5 rings (SSSR count). The van der Waals surface area contributed by atoms with Crippen LogP contribution in [0.4, 0.5) is 0 Å². The molecule has 42 heavy (non-hydrogen) atoms. The minimum atomic E-state index is -1.93. The summed E-state index contributed by atoms with van der Waals surface area (Å²) in [6.45, 7) is 1.03. The van der Waals surface area contributed by atoms with Crippen molar-refractivity contribution in [1.82, 2.24) is 0 Å². The molecule has 4 heterocycles. The number of ether oxygens (including phenoxy) is 5. The number of hydrogen-bond acceptors (Lipinski definition) is 15. The van der Waals surface area contributed by atoms with Crippen LogP contribution >= 0.6 is 0 Å². The van der Waals surface area contributed by atoms with Crippen molar-refractivity contribution in [3.8, 4) is 5.75 Å². The Bertz CT molecular complexity index is 1430. The van der Waals surface area contributed by atoms with Crippen LogP contribution in [0.3, 0.4) is 0 Å². The van der Waals surface area contributed by atoms with Crippen LogP contribution in [0.2, 0.25) is 0 Å². The predicted octanol–water partition coefficient (Wildman–Crippen LogP) is -1.66. The Morgan fingerprint density at radius 3 is 2.50 bits per heavy atom. The fourth-order valence-electron chi connectivity index (χ4n) is 4.78.